The summed E-state index contributed by atoms with van der Waals surface area (Å²) in [5, 5.41) is 0.885. The number of nitrogens with zero attached hydrogens (tertiary/aromatic N) is 3. The van der Waals surface area contributed by atoms with Crippen LogP contribution in [0.4, 0.5) is 5.69 Å². The molecule has 2 saturated heterocycles. The molecule has 0 aliphatic carbocycles. The lowest BCUT2D eigenvalue weighted by Gasteiger charge is -2.39. The smallest absolute Gasteiger partial charge is 0.303 e. The molecule has 1 aromatic heterocycles. The van der Waals surface area contributed by atoms with Crippen LogP contribution >= 0.6 is 0 Å². The van der Waals surface area contributed by atoms with Crippen LogP contribution < -0.4 is 9.64 Å². The van der Waals surface area contributed by atoms with Crippen LogP contribution in [0.2, 0.25) is 0 Å². The van der Waals surface area contributed by atoms with E-state index in [1.807, 2.05) is 59.5 Å². The number of hydrogen-bond acceptors (Lipinski definition) is 8. The van der Waals surface area contributed by atoms with Gasteiger partial charge in [-0.15, -0.1) is 0 Å². The second kappa shape index (κ2) is 11.0. The summed E-state index contributed by atoms with van der Waals surface area (Å²) in [5.74, 6) is 0.235. The molecule has 224 valence electrons. The van der Waals surface area contributed by atoms with Crippen molar-refractivity contribution in [1.29, 1.82) is 0 Å². The first-order chi connectivity index (χ1) is 21.5. The fourth-order valence-electron chi connectivity index (χ4n) is 7.19. The molecule has 8 rings (SSSR count). The Bertz CT molecular complexity index is 1750. The molecule has 44 heavy (non-hydrogen) atoms. The van der Waals surface area contributed by atoms with E-state index in [9.17, 15) is 9.59 Å². The van der Waals surface area contributed by atoms with Crippen molar-refractivity contribution in [3.63, 3.8) is 0 Å². The molecule has 3 aromatic carbocycles. The number of para-hydroxylation sites is 1. The minimum atomic E-state index is -0.441. The number of carbonyl (C=O) groups excluding carboxylic acids is 2. The van der Waals surface area contributed by atoms with Gasteiger partial charge in [0.25, 0.3) is 5.91 Å². The molecule has 2 fully saturated rings. The van der Waals surface area contributed by atoms with Crippen LogP contribution in [0.15, 0.2) is 78.9 Å². The molecule has 1 amide bonds. The quantitative estimate of drug-likeness (QED) is 0.291. The largest absolute Gasteiger partial charge is 0.485 e. The summed E-state index contributed by atoms with van der Waals surface area (Å²) >= 11 is 0. The average Bonchev–Trinajstić information content (AvgIpc) is 3.71. The zero-order valence-electron chi connectivity index (χ0n) is 24.4. The molecule has 4 aromatic rings. The third-order valence-corrected chi connectivity index (χ3v) is 9.12. The average molecular weight is 592 g/mol. The number of ether oxygens (including phenoxy) is 4. The molecule has 0 N–H and O–H groups in total. The Kier molecular flexibility index (Phi) is 6.81. The van der Waals surface area contributed by atoms with Gasteiger partial charge in [-0.3, -0.25) is 24.4 Å². The molecule has 0 saturated carbocycles. The minimum absolute atomic E-state index is 0.0266. The van der Waals surface area contributed by atoms with Crippen LogP contribution in [0.5, 0.6) is 5.75 Å². The number of esters is 1. The van der Waals surface area contributed by atoms with Crippen molar-refractivity contribution < 1.29 is 28.5 Å². The summed E-state index contributed by atoms with van der Waals surface area (Å²) in [5.41, 5.74) is 5.64. The molecule has 5 heterocycles. The van der Waals surface area contributed by atoms with Gasteiger partial charge in [-0.2, -0.15) is 0 Å². The number of hydrogen-bond donors (Lipinski definition) is 0. The van der Waals surface area contributed by atoms with Crippen molar-refractivity contribution >= 4 is 28.5 Å². The van der Waals surface area contributed by atoms with E-state index < -0.39 is 6.10 Å². The molecular weight excluding hydrogens is 558 g/mol. The van der Waals surface area contributed by atoms with Crippen LogP contribution in [-0.4, -0.2) is 72.5 Å². The van der Waals surface area contributed by atoms with Crippen LogP contribution in [0, 0.1) is 0 Å². The summed E-state index contributed by atoms with van der Waals surface area (Å²) < 4.78 is 23.7. The maximum absolute atomic E-state index is 14.5. The Morgan fingerprint density at radius 3 is 2.57 bits per heavy atom. The molecule has 9 nitrogen and oxygen atoms in total. The van der Waals surface area contributed by atoms with E-state index >= 15 is 0 Å². The van der Waals surface area contributed by atoms with Gasteiger partial charge in [-0.25, -0.2) is 0 Å². The molecule has 0 spiro atoms. The van der Waals surface area contributed by atoms with E-state index in [0.29, 0.717) is 12.4 Å². The highest BCUT2D eigenvalue weighted by Crippen LogP contribution is 2.46. The van der Waals surface area contributed by atoms with Crippen molar-refractivity contribution in [2.45, 2.75) is 50.3 Å². The molecular formula is C35H33N3O6. The van der Waals surface area contributed by atoms with Crippen molar-refractivity contribution in [2.75, 3.05) is 31.2 Å². The fraction of sp³-hybridized carbons (Fsp3) is 0.343. The first-order valence-electron chi connectivity index (χ1n) is 15.3. The third-order valence-electron chi connectivity index (χ3n) is 9.12. The number of carbonyl (C=O) groups is 2. The zero-order valence-corrected chi connectivity index (χ0v) is 24.4. The molecule has 0 bridgehead atoms. The maximum Gasteiger partial charge on any atom is 0.303 e. The lowest BCUT2D eigenvalue weighted by atomic mass is 9.96. The second-order valence-corrected chi connectivity index (χ2v) is 11.8. The summed E-state index contributed by atoms with van der Waals surface area (Å²) in [6.45, 7) is 3.60. The lowest BCUT2D eigenvalue weighted by Crippen LogP contribution is -2.44. The van der Waals surface area contributed by atoms with Gasteiger partial charge in [0.15, 0.2) is 12.2 Å². The van der Waals surface area contributed by atoms with Crippen molar-refractivity contribution in [1.82, 2.24) is 9.88 Å². The van der Waals surface area contributed by atoms with E-state index in [2.05, 4.69) is 29.2 Å². The summed E-state index contributed by atoms with van der Waals surface area (Å²) in [4.78, 5) is 35.3. The van der Waals surface area contributed by atoms with Crippen LogP contribution in [0.1, 0.15) is 40.3 Å². The second-order valence-electron chi connectivity index (χ2n) is 11.8. The first-order valence-corrected chi connectivity index (χ1v) is 15.3. The van der Waals surface area contributed by atoms with Gasteiger partial charge < -0.3 is 18.9 Å². The highest BCUT2D eigenvalue weighted by molar-refractivity contribution is 6.18. The SMILES string of the molecule is CC(=O)O[C@H]1CO[C@H]2[C@@H]1OC[C@@H]2Oc1cccc(N2C(=O)c3c4c(nc5ccccc35)CCN(CCc3ccccc3)C42)c1. The van der Waals surface area contributed by atoms with Crippen molar-refractivity contribution in [3.8, 4) is 5.75 Å². The fourth-order valence-corrected chi connectivity index (χ4v) is 7.19. The van der Waals surface area contributed by atoms with Gasteiger partial charge >= 0.3 is 5.97 Å². The van der Waals surface area contributed by atoms with Crippen molar-refractivity contribution in [3.05, 3.63) is 101 Å². The van der Waals surface area contributed by atoms with E-state index in [1.54, 1.807) is 0 Å². The molecule has 0 radical (unpaired) electrons. The highest BCUT2D eigenvalue weighted by Gasteiger charge is 2.51. The number of fused-ring (bicyclic) bond motifs is 3. The van der Waals surface area contributed by atoms with Crippen LogP contribution in [-0.2, 0) is 31.8 Å². The normalized spacial score (nSPS) is 25.7. The minimum Gasteiger partial charge on any atom is -0.485 e. The summed E-state index contributed by atoms with van der Waals surface area (Å²) in [6.07, 6.45) is -0.0929. The Hall–Kier alpha value is -4.31. The molecule has 5 atom stereocenters. The van der Waals surface area contributed by atoms with Crippen LogP contribution in [0.3, 0.4) is 0 Å². The van der Waals surface area contributed by atoms with Gasteiger partial charge in [0.1, 0.15) is 24.1 Å². The Balaban J connectivity index is 1.12. The Labute approximate surface area is 255 Å². The van der Waals surface area contributed by atoms with Gasteiger partial charge in [0.2, 0.25) is 0 Å². The van der Waals surface area contributed by atoms with Crippen molar-refractivity contribution in [2.24, 2.45) is 0 Å². The lowest BCUT2D eigenvalue weighted by molar-refractivity contribution is -0.150. The number of pyridine rings is 1. The predicted octanol–water partition coefficient (Wildman–Crippen LogP) is 4.47. The molecule has 9 heteroatoms. The number of amides is 1. The first kappa shape index (κ1) is 27.3. The van der Waals surface area contributed by atoms with Crippen LogP contribution in [0.25, 0.3) is 10.9 Å². The molecule has 4 aliphatic rings. The van der Waals surface area contributed by atoms with E-state index in [-0.39, 0.29) is 43.0 Å². The zero-order chi connectivity index (χ0) is 29.8. The monoisotopic (exact) mass is 591 g/mol. The van der Waals surface area contributed by atoms with Gasteiger partial charge in [-0.1, -0.05) is 54.6 Å². The Morgan fingerprint density at radius 2 is 1.73 bits per heavy atom. The topological polar surface area (TPSA) is 90.4 Å². The van der Waals surface area contributed by atoms with Gasteiger partial charge in [0, 0.05) is 54.8 Å². The number of benzene rings is 3. The molecule has 1 unspecified atom stereocenters. The predicted molar refractivity (Wildman–Crippen MR) is 163 cm³/mol. The maximum atomic E-state index is 14.5. The van der Waals surface area contributed by atoms with E-state index in [1.165, 1.54) is 12.5 Å². The number of anilines is 1. The molecule has 4 aliphatic heterocycles. The number of rotatable bonds is 7. The number of aromatic nitrogens is 1. The van der Waals surface area contributed by atoms with E-state index in [4.69, 9.17) is 23.9 Å². The summed E-state index contributed by atoms with van der Waals surface area (Å²) in [7, 11) is 0. The third kappa shape index (κ3) is 4.63. The standard InChI is InChI=1S/C35H33N3O6/c1-21(39)43-28-19-41-33-29(20-42-32(28)33)44-24-11-7-10-23(18-24)38-34-31-27(15-17-37(34)16-14-22-8-3-2-4-9-22)36-26-13-6-5-12-25(26)30(31)35(38)40/h2-13,18,28-29,32-34H,14-17,19-20H2,1H3/t28-,29-,32+,33+,34?/m0/s1. The van der Waals surface area contributed by atoms with Gasteiger partial charge in [-0.05, 0) is 30.2 Å². The van der Waals surface area contributed by atoms with Gasteiger partial charge in [0.05, 0.1) is 24.3 Å². The highest BCUT2D eigenvalue weighted by atomic mass is 16.7. The van der Waals surface area contributed by atoms with E-state index in [0.717, 1.165) is 59.3 Å². The summed E-state index contributed by atoms with van der Waals surface area (Å²) in [6, 6.07) is 26.1. The Morgan fingerprint density at radius 1 is 0.955 bits per heavy atom.